The Balaban J connectivity index is 3.85. The Hall–Kier alpha value is -1.22. The summed E-state index contributed by atoms with van der Waals surface area (Å²) in [7, 11) is 0. The van der Waals surface area contributed by atoms with Crippen LogP contribution in [0.25, 0.3) is 0 Å². The second-order valence-electron chi connectivity index (χ2n) is 3.74. The van der Waals surface area contributed by atoms with Gasteiger partial charge in [-0.1, -0.05) is 0 Å². The quantitative estimate of drug-likeness (QED) is 0.182. The third kappa shape index (κ3) is 15.2. The minimum absolute atomic E-state index is 0.505. The molecule has 0 aromatic heterocycles. The zero-order chi connectivity index (χ0) is 16.3. The maximum atomic E-state index is 5.68. The van der Waals surface area contributed by atoms with E-state index in [-0.39, 0.29) is 0 Å². The predicted molar refractivity (Wildman–Crippen MR) is 81.8 cm³/mol. The summed E-state index contributed by atoms with van der Waals surface area (Å²) in [5.74, 6) is 0. The van der Waals surface area contributed by atoms with Gasteiger partial charge in [-0.05, 0) is 0 Å². The fourth-order valence-electron chi connectivity index (χ4n) is 1.16. The Kier molecular flexibility index (Phi) is 16.8. The molecule has 0 fully saturated rings. The molecule has 0 unspecified atom stereocenters. The van der Waals surface area contributed by atoms with E-state index < -0.39 is 23.1 Å². The van der Waals surface area contributed by atoms with Crippen LogP contribution in [0.2, 0.25) is 0 Å². The van der Waals surface area contributed by atoms with Gasteiger partial charge in [-0.2, -0.15) is 0 Å². The summed E-state index contributed by atoms with van der Waals surface area (Å²) in [5.41, 5.74) is 15.7. The molecular weight excluding hydrogens is 367 g/mol. The fourth-order valence-corrected chi connectivity index (χ4v) is 3.76. The Morgan fingerprint density at radius 3 is 1.23 bits per heavy atom. The van der Waals surface area contributed by atoms with Gasteiger partial charge >= 0.3 is 141 Å². The molecule has 0 aliphatic carbocycles. The minimum atomic E-state index is -2.77. The van der Waals surface area contributed by atoms with Crippen molar-refractivity contribution >= 4 is 0 Å². The first-order valence-electron chi connectivity index (χ1n) is 6.91. The summed E-state index contributed by atoms with van der Waals surface area (Å²) in [6.45, 7) is 3.45. The molecule has 0 rings (SSSR count). The van der Waals surface area contributed by atoms with Gasteiger partial charge in [0.05, 0.1) is 0 Å². The Labute approximate surface area is 141 Å². The summed E-state index contributed by atoms with van der Waals surface area (Å²) in [4.78, 5) is 0. The molecular formula is C12H27N6O3Zr. The molecule has 0 aromatic rings. The van der Waals surface area contributed by atoms with Crippen molar-refractivity contribution < 1.29 is 31.5 Å². The first-order valence-corrected chi connectivity index (χ1v) is 9.92. The van der Waals surface area contributed by atoms with Crippen LogP contribution in [-0.4, -0.2) is 39.5 Å². The standard InChI is InChI=1S/3C4H9N2O.Zr/c3*5-1-2-6-3-4-7;/h3*1-2,6H,3-5H2;/q3*-1;+3. The predicted octanol–water partition coefficient (Wildman–Crippen LogP) is -1.54. The summed E-state index contributed by atoms with van der Waals surface area (Å²) < 4.78 is 17.0. The molecule has 0 radical (unpaired) electrons. The molecule has 0 aliphatic heterocycles. The summed E-state index contributed by atoms with van der Waals surface area (Å²) in [6.07, 6.45) is 9.25. The molecule has 0 heterocycles. The van der Waals surface area contributed by atoms with Gasteiger partial charge in [0.1, 0.15) is 0 Å². The number of nitrogens with one attached hydrogen (secondary N) is 3. The summed E-state index contributed by atoms with van der Waals surface area (Å²) >= 11 is -2.77. The van der Waals surface area contributed by atoms with Crippen LogP contribution < -0.4 is 33.2 Å². The zero-order valence-corrected chi connectivity index (χ0v) is 15.1. The second-order valence-corrected chi connectivity index (χ2v) is 7.09. The molecule has 9 N–H and O–H groups in total. The van der Waals surface area contributed by atoms with E-state index in [4.69, 9.17) is 25.6 Å². The van der Waals surface area contributed by atoms with Crippen molar-refractivity contribution in [3.63, 3.8) is 0 Å². The number of hydrogen-bond acceptors (Lipinski definition) is 9. The molecule has 0 atom stereocenters. The Bertz CT molecular complexity index is 270. The number of nitrogens with two attached hydrogens (primary N) is 3. The van der Waals surface area contributed by atoms with E-state index in [0.29, 0.717) is 39.5 Å². The van der Waals surface area contributed by atoms with Crippen LogP contribution in [0.15, 0.2) is 37.2 Å². The first-order chi connectivity index (χ1) is 10.8. The molecule has 0 aliphatic rings. The van der Waals surface area contributed by atoms with Crippen LogP contribution in [0, 0.1) is 0 Å². The van der Waals surface area contributed by atoms with E-state index in [2.05, 4.69) is 16.0 Å². The zero-order valence-electron chi connectivity index (χ0n) is 12.7. The molecule has 0 bridgehead atoms. The van der Waals surface area contributed by atoms with Gasteiger partial charge in [-0.25, -0.2) is 0 Å². The fraction of sp³-hybridized carbons (Fsp3) is 0.500. The third-order valence-electron chi connectivity index (χ3n) is 2.04. The molecule has 10 heteroatoms. The van der Waals surface area contributed by atoms with E-state index >= 15 is 0 Å². The summed E-state index contributed by atoms with van der Waals surface area (Å²) in [6, 6.07) is 0. The number of hydrogen-bond donors (Lipinski definition) is 6. The van der Waals surface area contributed by atoms with Crippen molar-refractivity contribution in [2.24, 2.45) is 17.2 Å². The Morgan fingerprint density at radius 1 is 0.636 bits per heavy atom. The topological polar surface area (TPSA) is 142 Å². The molecule has 22 heavy (non-hydrogen) atoms. The van der Waals surface area contributed by atoms with Gasteiger partial charge in [0.15, 0.2) is 0 Å². The van der Waals surface area contributed by atoms with Crippen LogP contribution in [-0.2, 0) is 31.5 Å². The second kappa shape index (κ2) is 17.8. The monoisotopic (exact) mass is 393 g/mol. The average Bonchev–Trinajstić information content (AvgIpc) is 2.53. The van der Waals surface area contributed by atoms with Crippen molar-refractivity contribution in [1.29, 1.82) is 0 Å². The normalized spacial score (nSPS) is 11.5. The van der Waals surface area contributed by atoms with Crippen LogP contribution >= 0.6 is 0 Å². The van der Waals surface area contributed by atoms with E-state index in [9.17, 15) is 0 Å². The van der Waals surface area contributed by atoms with Gasteiger partial charge < -0.3 is 0 Å². The SMILES string of the molecule is NC=CNCC[O][Zr]([O]CCNC=CN)[O]CCNC=CN. The average molecular weight is 395 g/mol. The van der Waals surface area contributed by atoms with E-state index in [0.717, 1.165) is 0 Å². The molecule has 0 spiro atoms. The van der Waals surface area contributed by atoms with Crippen molar-refractivity contribution in [3.8, 4) is 0 Å². The van der Waals surface area contributed by atoms with E-state index in [1.807, 2.05) is 0 Å². The maximum absolute atomic E-state index is 5.68. The molecule has 0 saturated heterocycles. The van der Waals surface area contributed by atoms with Gasteiger partial charge in [-0.3, -0.25) is 0 Å². The molecule has 127 valence electrons. The van der Waals surface area contributed by atoms with E-state index in [1.165, 1.54) is 18.6 Å². The van der Waals surface area contributed by atoms with Crippen LogP contribution in [0.3, 0.4) is 0 Å². The van der Waals surface area contributed by atoms with E-state index in [1.54, 1.807) is 18.6 Å². The third-order valence-corrected chi connectivity index (χ3v) is 5.28. The van der Waals surface area contributed by atoms with Gasteiger partial charge in [-0.15, -0.1) is 0 Å². The van der Waals surface area contributed by atoms with Crippen LogP contribution in [0.1, 0.15) is 0 Å². The van der Waals surface area contributed by atoms with Crippen molar-refractivity contribution in [2.75, 3.05) is 39.5 Å². The van der Waals surface area contributed by atoms with Crippen LogP contribution in [0.4, 0.5) is 0 Å². The first kappa shape index (κ1) is 20.8. The van der Waals surface area contributed by atoms with Gasteiger partial charge in [0, 0.05) is 0 Å². The molecule has 9 nitrogen and oxygen atoms in total. The summed E-state index contributed by atoms with van der Waals surface area (Å²) in [5, 5.41) is 8.93. The molecule has 0 amide bonds. The van der Waals surface area contributed by atoms with Crippen molar-refractivity contribution in [1.82, 2.24) is 16.0 Å². The van der Waals surface area contributed by atoms with Crippen LogP contribution in [0.5, 0.6) is 0 Å². The van der Waals surface area contributed by atoms with Crippen molar-refractivity contribution in [2.45, 2.75) is 0 Å². The number of rotatable bonds is 15. The van der Waals surface area contributed by atoms with Gasteiger partial charge in [0.2, 0.25) is 0 Å². The molecule has 0 aromatic carbocycles. The molecule has 0 saturated carbocycles. The Morgan fingerprint density at radius 2 is 0.955 bits per heavy atom. The van der Waals surface area contributed by atoms with Gasteiger partial charge in [0.25, 0.3) is 0 Å². The van der Waals surface area contributed by atoms with Crippen molar-refractivity contribution in [3.05, 3.63) is 37.2 Å².